The molecule has 0 aliphatic carbocycles. The Morgan fingerprint density at radius 2 is 1.81 bits per heavy atom. The number of aliphatic carboxylic acids is 1. The molecule has 0 amide bonds. The second-order valence-electron chi connectivity index (χ2n) is 5.73. The summed E-state index contributed by atoms with van der Waals surface area (Å²) >= 11 is 0. The van der Waals surface area contributed by atoms with Crippen LogP contribution in [-0.4, -0.2) is 24.2 Å². The average molecular weight is 285 g/mol. The molecule has 3 heteroatoms. The molecule has 21 heavy (non-hydrogen) atoms. The Kier molecular flexibility index (Phi) is 4.51. The minimum absolute atomic E-state index is 0.517. The number of carboxylic acids is 1. The summed E-state index contributed by atoms with van der Waals surface area (Å²) in [5.41, 5.74) is 0.379. The Labute approximate surface area is 126 Å². The largest absolute Gasteiger partial charge is 0.481 e. The summed E-state index contributed by atoms with van der Waals surface area (Å²) in [4.78, 5) is 13.7. The lowest BCUT2D eigenvalue weighted by Crippen LogP contribution is -2.41. The van der Waals surface area contributed by atoms with Gasteiger partial charge in [-0.15, -0.1) is 0 Å². The van der Waals surface area contributed by atoms with Gasteiger partial charge in [0.05, 0.1) is 5.41 Å². The number of carboxylic acid groups (broad SMARTS) is 1. The Morgan fingerprint density at radius 1 is 1.14 bits per heavy atom. The van der Waals surface area contributed by atoms with Gasteiger partial charge in [-0.2, -0.15) is 0 Å². The van der Waals surface area contributed by atoms with Crippen LogP contribution in [0.15, 0.2) is 42.5 Å². The number of rotatable bonds is 6. The van der Waals surface area contributed by atoms with Crippen LogP contribution in [0.4, 0.5) is 5.69 Å². The molecule has 2 aromatic rings. The molecule has 0 saturated heterocycles. The quantitative estimate of drug-likeness (QED) is 0.866. The molecule has 1 unspecified atom stereocenters. The molecule has 0 radical (unpaired) electrons. The Bertz CT molecular complexity index is 633. The van der Waals surface area contributed by atoms with Crippen LogP contribution in [-0.2, 0) is 4.79 Å². The number of benzene rings is 2. The fraction of sp³-hybridized carbons (Fsp3) is 0.389. The Balaban J connectivity index is 2.43. The van der Waals surface area contributed by atoms with E-state index in [1.54, 1.807) is 0 Å². The molecule has 0 aliphatic heterocycles. The average Bonchev–Trinajstić information content (AvgIpc) is 2.51. The van der Waals surface area contributed by atoms with Crippen molar-refractivity contribution in [3.8, 4) is 0 Å². The van der Waals surface area contributed by atoms with Crippen LogP contribution >= 0.6 is 0 Å². The van der Waals surface area contributed by atoms with E-state index >= 15 is 0 Å². The zero-order valence-electron chi connectivity index (χ0n) is 13.0. The first-order chi connectivity index (χ1) is 10.0. The van der Waals surface area contributed by atoms with Gasteiger partial charge in [0, 0.05) is 24.2 Å². The molecule has 1 N–H and O–H groups in total. The third-order valence-corrected chi connectivity index (χ3v) is 4.33. The molecule has 2 aromatic carbocycles. The van der Waals surface area contributed by atoms with E-state index in [0.717, 1.165) is 12.2 Å². The zero-order chi connectivity index (χ0) is 15.5. The summed E-state index contributed by atoms with van der Waals surface area (Å²) in [5.74, 6) is -0.733. The maximum absolute atomic E-state index is 11.6. The lowest BCUT2D eigenvalue weighted by molar-refractivity contribution is -0.147. The van der Waals surface area contributed by atoms with Gasteiger partial charge in [-0.25, -0.2) is 0 Å². The molecule has 0 saturated carbocycles. The van der Waals surface area contributed by atoms with Gasteiger partial charge < -0.3 is 10.0 Å². The summed E-state index contributed by atoms with van der Waals surface area (Å²) < 4.78 is 0. The van der Waals surface area contributed by atoms with E-state index in [1.165, 1.54) is 10.8 Å². The highest BCUT2D eigenvalue weighted by Gasteiger charge is 2.33. The van der Waals surface area contributed by atoms with Gasteiger partial charge in [0.2, 0.25) is 0 Å². The molecule has 0 spiro atoms. The first-order valence-corrected chi connectivity index (χ1v) is 7.48. The van der Waals surface area contributed by atoms with E-state index in [2.05, 4.69) is 36.1 Å². The van der Waals surface area contributed by atoms with Crippen molar-refractivity contribution in [2.75, 3.05) is 18.0 Å². The fourth-order valence-corrected chi connectivity index (χ4v) is 2.60. The second kappa shape index (κ2) is 6.17. The monoisotopic (exact) mass is 285 g/mol. The van der Waals surface area contributed by atoms with Crippen molar-refractivity contribution in [2.24, 2.45) is 5.41 Å². The summed E-state index contributed by atoms with van der Waals surface area (Å²) in [6.45, 7) is 7.13. The van der Waals surface area contributed by atoms with Gasteiger partial charge in [-0.3, -0.25) is 4.79 Å². The summed E-state index contributed by atoms with van der Waals surface area (Å²) in [5, 5.41) is 11.9. The van der Waals surface area contributed by atoms with E-state index in [4.69, 9.17) is 0 Å². The SMILES string of the molecule is CCN(CC(C)(CC)C(=O)O)c1cccc2ccccc12. The van der Waals surface area contributed by atoms with Gasteiger partial charge >= 0.3 is 5.97 Å². The highest BCUT2D eigenvalue weighted by molar-refractivity contribution is 5.94. The molecule has 0 heterocycles. The predicted octanol–water partition coefficient (Wildman–Crippen LogP) is 4.17. The van der Waals surface area contributed by atoms with Gasteiger partial charge in [-0.05, 0) is 31.7 Å². The highest BCUT2D eigenvalue weighted by atomic mass is 16.4. The number of anilines is 1. The normalized spacial score (nSPS) is 13.9. The minimum atomic E-state index is -0.733. The first-order valence-electron chi connectivity index (χ1n) is 7.48. The Hall–Kier alpha value is -2.03. The van der Waals surface area contributed by atoms with Crippen LogP contribution in [0.25, 0.3) is 10.8 Å². The van der Waals surface area contributed by atoms with Crippen LogP contribution in [0.3, 0.4) is 0 Å². The van der Waals surface area contributed by atoms with Crippen LogP contribution < -0.4 is 4.90 Å². The van der Waals surface area contributed by atoms with Crippen molar-refractivity contribution in [3.05, 3.63) is 42.5 Å². The molecule has 1 atom stereocenters. The van der Waals surface area contributed by atoms with Crippen molar-refractivity contribution in [1.29, 1.82) is 0 Å². The smallest absolute Gasteiger partial charge is 0.311 e. The Morgan fingerprint density at radius 3 is 2.43 bits per heavy atom. The highest BCUT2D eigenvalue weighted by Crippen LogP contribution is 2.31. The third-order valence-electron chi connectivity index (χ3n) is 4.33. The third kappa shape index (κ3) is 3.02. The van der Waals surface area contributed by atoms with E-state index in [0.29, 0.717) is 13.0 Å². The van der Waals surface area contributed by atoms with Crippen LogP contribution in [0.5, 0.6) is 0 Å². The zero-order valence-corrected chi connectivity index (χ0v) is 13.0. The van der Waals surface area contributed by atoms with Crippen molar-refractivity contribution >= 4 is 22.4 Å². The minimum Gasteiger partial charge on any atom is -0.481 e. The molecular weight excluding hydrogens is 262 g/mol. The lowest BCUT2D eigenvalue weighted by atomic mass is 9.86. The number of fused-ring (bicyclic) bond motifs is 1. The van der Waals surface area contributed by atoms with Crippen molar-refractivity contribution in [3.63, 3.8) is 0 Å². The van der Waals surface area contributed by atoms with Gasteiger partial charge in [-0.1, -0.05) is 43.3 Å². The lowest BCUT2D eigenvalue weighted by Gasteiger charge is -2.33. The van der Waals surface area contributed by atoms with Crippen LogP contribution in [0, 0.1) is 5.41 Å². The van der Waals surface area contributed by atoms with E-state index < -0.39 is 11.4 Å². The maximum Gasteiger partial charge on any atom is 0.311 e. The molecule has 0 bridgehead atoms. The first kappa shape index (κ1) is 15.4. The molecular formula is C18H23NO2. The van der Waals surface area contributed by atoms with Gasteiger partial charge in [0.15, 0.2) is 0 Å². The van der Waals surface area contributed by atoms with Crippen molar-refractivity contribution in [1.82, 2.24) is 0 Å². The van der Waals surface area contributed by atoms with Gasteiger partial charge in [0.25, 0.3) is 0 Å². The van der Waals surface area contributed by atoms with Gasteiger partial charge in [0.1, 0.15) is 0 Å². The fourth-order valence-electron chi connectivity index (χ4n) is 2.60. The topological polar surface area (TPSA) is 40.5 Å². The standard InChI is InChI=1S/C18H23NO2/c1-4-18(3,17(20)21)13-19(5-2)16-12-8-10-14-9-6-7-11-15(14)16/h6-12H,4-5,13H2,1-3H3,(H,20,21). The molecule has 0 aliphatic rings. The molecule has 112 valence electrons. The number of carbonyl (C=O) groups is 1. The summed E-state index contributed by atoms with van der Waals surface area (Å²) in [7, 11) is 0. The van der Waals surface area contributed by atoms with Crippen LogP contribution in [0.1, 0.15) is 27.2 Å². The maximum atomic E-state index is 11.6. The van der Waals surface area contributed by atoms with Crippen molar-refractivity contribution < 1.29 is 9.90 Å². The molecule has 0 aromatic heterocycles. The molecule has 3 nitrogen and oxygen atoms in total. The van der Waals surface area contributed by atoms with E-state index in [-0.39, 0.29) is 0 Å². The molecule has 0 fully saturated rings. The second-order valence-corrected chi connectivity index (χ2v) is 5.73. The van der Waals surface area contributed by atoms with Crippen LogP contribution in [0.2, 0.25) is 0 Å². The summed E-state index contributed by atoms with van der Waals surface area (Å²) in [6, 6.07) is 14.4. The van der Waals surface area contributed by atoms with E-state index in [9.17, 15) is 9.90 Å². The van der Waals surface area contributed by atoms with Crippen molar-refractivity contribution in [2.45, 2.75) is 27.2 Å². The summed E-state index contributed by atoms with van der Waals surface area (Å²) in [6.07, 6.45) is 0.615. The van der Waals surface area contributed by atoms with E-state index in [1.807, 2.05) is 32.0 Å². The predicted molar refractivity (Wildman–Crippen MR) is 87.9 cm³/mol. The molecule has 2 rings (SSSR count). The number of hydrogen-bond donors (Lipinski definition) is 1. The number of hydrogen-bond acceptors (Lipinski definition) is 2. The number of nitrogens with zero attached hydrogens (tertiary/aromatic N) is 1.